The molecule has 0 spiro atoms. The number of hydrogen-bond acceptors (Lipinski definition) is 0. The van der Waals surface area contributed by atoms with Gasteiger partial charge in [0.2, 0.25) is 0 Å². The zero-order chi connectivity index (χ0) is 9.02. The second kappa shape index (κ2) is 4.82. The molecule has 0 unspecified atom stereocenters. The monoisotopic (exact) mass is 320 g/mol. The van der Waals surface area contributed by atoms with Crippen LogP contribution in [0.5, 0.6) is 0 Å². The quantitative estimate of drug-likeness (QED) is 0.686. The number of hydrogen-bond donors (Lipinski definition) is 0. The summed E-state index contributed by atoms with van der Waals surface area (Å²) in [6, 6.07) is 0. The van der Waals surface area contributed by atoms with Crippen molar-refractivity contribution in [2.75, 3.05) is 0 Å². The van der Waals surface area contributed by atoms with E-state index < -0.39 is 0 Å². The van der Waals surface area contributed by atoms with Crippen LogP contribution in [0.15, 0.2) is 22.8 Å². The first-order valence-electron chi connectivity index (χ1n) is 3.82. The molecule has 0 aliphatic rings. The molecule has 0 saturated carbocycles. The fraction of sp³-hybridized carbons (Fsp3) is 0.500. The Balaban J connectivity index is 4.81. The van der Waals surface area contributed by atoms with E-state index >= 15 is 0 Å². The third-order valence-corrected chi connectivity index (χ3v) is 3.22. The zero-order valence-electron chi connectivity index (χ0n) is 7.99. The molecule has 0 fully saturated rings. The summed E-state index contributed by atoms with van der Waals surface area (Å²) in [5, 5.41) is 0. The average molecular weight is 320 g/mol. The van der Waals surface area contributed by atoms with Gasteiger partial charge in [0, 0.05) is 0 Å². The Morgan fingerprint density at radius 1 is 1.00 bits per heavy atom. The number of allylic oxidation sites excluding steroid dienone is 4. The van der Waals surface area contributed by atoms with Crippen molar-refractivity contribution >= 4 is 3.90 Å². The summed E-state index contributed by atoms with van der Waals surface area (Å²) in [6.07, 6.45) is 2.16. The molecular formula is C10H16W. The molecule has 0 saturated heterocycles. The van der Waals surface area contributed by atoms with E-state index in [1.165, 1.54) is 20.6 Å². The van der Waals surface area contributed by atoms with Gasteiger partial charge in [0.05, 0.1) is 0 Å². The van der Waals surface area contributed by atoms with Crippen molar-refractivity contribution in [1.29, 1.82) is 0 Å². The fourth-order valence-electron chi connectivity index (χ4n) is 0.776. The molecule has 0 heterocycles. The van der Waals surface area contributed by atoms with Crippen molar-refractivity contribution in [3.63, 3.8) is 0 Å². The van der Waals surface area contributed by atoms with Crippen molar-refractivity contribution in [2.45, 2.75) is 34.6 Å². The minimum atomic E-state index is 1.39. The van der Waals surface area contributed by atoms with Crippen molar-refractivity contribution in [3.05, 3.63) is 22.8 Å². The third-order valence-electron chi connectivity index (χ3n) is 2.12. The second-order valence-electron chi connectivity index (χ2n) is 2.78. The molecule has 0 aromatic rings. The van der Waals surface area contributed by atoms with E-state index in [4.69, 9.17) is 0 Å². The number of rotatable bonds is 2. The second-order valence-corrected chi connectivity index (χ2v) is 4.98. The van der Waals surface area contributed by atoms with Gasteiger partial charge in [0.25, 0.3) is 0 Å². The summed E-state index contributed by atoms with van der Waals surface area (Å²) < 4.78 is 1.49. The van der Waals surface area contributed by atoms with Gasteiger partial charge in [-0.2, -0.15) is 0 Å². The normalized spacial score (nSPS) is 14.5. The molecule has 0 aliphatic carbocycles. The van der Waals surface area contributed by atoms with Crippen LogP contribution in [0.2, 0.25) is 0 Å². The molecule has 0 amide bonds. The Kier molecular flexibility index (Phi) is 4.84. The first-order valence-corrected chi connectivity index (χ1v) is 5.29. The molecule has 0 N–H and O–H groups in total. The van der Waals surface area contributed by atoms with Crippen molar-refractivity contribution in [1.82, 2.24) is 0 Å². The maximum absolute atomic E-state index is 2.20. The summed E-state index contributed by atoms with van der Waals surface area (Å²) >= 11 is 1.57. The zero-order valence-corrected chi connectivity index (χ0v) is 10.9. The van der Waals surface area contributed by atoms with Gasteiger partial charge in [-0.1, -0.05) is 0 Å². The van der Waals surface area contributed by atoms with Gasteiger partial charge in [-0.25, -0.2) is 0 Å². The van der Waals surface area contributed by atoms with E-state index in [0.29, 0.717) is 0 Å². The van der Waals surface area contributed by atoms with Crippen LogP contribution in [0.3, 0.4) is 0 Å². The first-order chi connectivity index (χ1) is 5.00. The molecule has 0 nitrogen and oxygen atoms in total. The minimum absolute atomic E-state index is 1.39. The van der Waals surface area contributed by atoms with E-state index in [2.05, 4.69) is 40.7 Å². The van der Waals surface area contributed by atoms with Gasteiger partial charge in [-0.15, -0.1) is 0 Å². The van der Waals surface area contributed by atoms with Crippen LogP contribution in [0.1, 0.15) is 34.6 Å². The van der Waals surface area contributed by atoms with E-state index in [9.17, 15) is 0 Å². The summed E-state index contributed by atoms with van der Waals surface area (Å²) in [6.45, 7) is 10.8. The summed E-state index contributed by atoms with van der Waals surface area (Å²) in [5.41, 5.74) is 4.28. The maximum atomic E-state index is 2.20. The van der Waals surface area contributed by atoms with Gasteiger partial charge in [0.15, 0.2) is 0 Å². The van der Waals surface area contributed by atoms with Gasteiger partial charge < -0.3 is 0 Å². The molecule has 0 atom stereocenters. The molecule has 11 heavy (non-hydrogen) atoms. The first kappa shape index (κ1) is 11.0. The topological polar surface area (TPSA) is 0 Å². The molecule has 62 valence electrons. The standard InChI is InChI=1S/C10H16.W/c1-6-8(3)10(5)9(4)7-2;/h6H,1-5H3;. The summed E-state index contributed by atoms with van der Waals surface area (Å²) in [5.74, 6) is 0. The third kappa shape index (κ3) is 3.29. The molecule has 0 bridgehead atoms. The van der Waals surface area contributed by atoms with Crippen LogP contribution in [0.25, 0.3) is 0 Å². The molecule has 0 rings (SSSR count). The Bertz CT molecular complexity index is 219. The average Bonchev–Trinajstić information content (AvgIpc) is 2.00. The molecule has 0 aliphatic heterocycles. The SMILES string of the molecule is CC=C(C)C(C)=C(C)[C](C)=[W]. The van der Waals surface area contributed by atoms with Crippen LogP contribution in [-0.2, 0) is 19.4 Å². The van der Waals surface area contributed by atoms with E-state index in [-0.39, 0.29) is 0 Å². The van der Waals surface area contributed by atoms with Crippen molar-refractivity contribution in [3.8, 4) is 0 Å². The molecule has 0 aromatic carbocycles. The Labute approximate surface area is 80.8 Å². The summed E-state index contributed by atoms with van der Waals surface area (Å²) in [4.78, 5) is 0. The van der Waals surface area contributed by atoms with Gasteiger partial charge in [-0.3, -0.25) is 0 Å². The van der Waals surface area contributed by atoms with Crippen LogP contribution in [0.4, 0.5) is 0 Å². The Morgan fingerprint density at radius 3 is 1.73 bits per heavy atom. The predicted molar refractivity (Wildman–Crippen MR) is 48.5 cm³/mol. The van der Waals surface area contributed by atoms with Crippen molar-refractivity contribution < 1.29 is 19.4 Å². The van der Waals surface area contributed by atoms with Crippen LogP contribution < -0.4 is 0 Å². The van der Waals surface area contributed by atoms with E-state index in [0.717, 1.165) is 0 Å². The van der Waals surface area contributed by atoms with Gasteiger partial charge in [0.1, 0.15) is 0 Å². The molecule has 0 aromatic heterocycles. The van der Waals surface area contributed by atoms with Gasteiger partial charge >= 0.3 is 80.7 Å². The van der Waals surface area contributed by atoms with Crippen LogP contribution in [0, 0.1) is 0 Å². The Morgan fingerprint density at radius 2 is 1.45 bits per heavy atom. The molecular weight excluding hydrogens is 304 g/mol. The van der Waals surface area contributed by atoms with Gasteiger partial charge in [-0.05, 0) is 0 Å². The van der Waals surface area contributed by atoms with Crippen LogP contribution >= 0.6 is 0 Å². The molecule has 1 heteroatoms. The summed E-state index contributed by atoms with van der Waals surface area (Å²) in [7, 11) is 0. The van der Waals surface area contributed by atoms with Crippen LogP contribution in [-0.4, -0.2) is 3.90 Å². The van der Waals surface area contributed by atoms with Crippen molar-refractivity contribution in [2.24, 2.45) is 0 Å². The predicted octanol–water partition coefficient (Wildman–Crippen LogP) is 3.03. The van der Waals surface area contributed by atoms with E-state index in [1.807, 2.05) is 0 Å². The van der Waals surface area contributed by atoms with E-state index in [1.54, 1.807) is 19.4 Å². The molecule has 0 radical (unpaired) electrons. The fourth-order valence-corrected chi connectivity index (χ4v) is 1.33. The Hall–Kier alpha value is 0.0383.